The molecule has 2 aliphatic heterocycles. The van der Waals surface area contributed by atoms with E-state index in [1.165, 1.54) is 5.56 Å². The average molecular weight is 380 g/mol. The van der Waals surface area contributed by atoms with Gasteiger partial charge in [0, 0.05) is 37.6 Å². The first kappa shape index (κ1) is 19.0. The number of piperidine rings is 2. The minimum absolute atomic E-state index is 0.0848. The molecular weight excluding hydrogens is 352 g/mol. The van der Waals surface area contributed by atoms with Gasteiger partial charge in [-0.2, -0.15) is 0 Å². The first-order valence-electron chi connectivity index (χ1n) is 10.0. The maximum Gasteiger partial charge on any atom is 0.410 e. The molecule has 0 saturated carbocycles. The minimum Gasteiger partial charge on any atom is -0.445 e. The number of carbonyl (C=O) groups is 1. The van der Waals surface area contributed by atoms with Crippen LogP contribution in [0.2, 0.25) is 0 Å². The number of amides is 1. The van der Waals surface area contributed by atoms with Gasteiger partial charge in [0.1, 0.15) is 6.61 Å². The summed E-state index contributed by atoms with van der Waals surface area (Å²) in [5.41, 5.74) is 2.13. The fourth-order valence-electron chi connectivity index (χ4n) is 4.59. The van der Waals surface area contributed by atoms with E-state index in [9.17, 15) is 9.90 Å². The van der Waals surface area contributed by atoms with Gasteiger partial charge in [-0.1, -0.05) is 60.7 Å². The van der Waals surface area contributed by atoms with E-state index in [-0.39, 0.29) is 24.2 Å². The Morgan fingerprint density at radius 1 is 1.07 bits per heavy atom. The van der Waals surface area contributed by atoms with Crippen LogP contribution in [0.4, 0.5) is 4.79 Å². The zero-order valence-electron chi connectivity index (χ0n) is 16.2. The zero-order valence-corrected chi connectivity index (χ0v) is 16.2. The van der Waals surface area contributed by atoms with Gasteiger partial charge < -0.3 is 14.7 Å². The highest BCUT2D eigenvalue weighted by Gasteiger charge is 2.46. The third kappa shape index (κ3) is 4.21. The largest absolute Gasteiger partial charge is 0.445 e. The molecule has 0 aliphatic carbocycles. The number of rotatable bonds is 5. The summed E-state index contributed by atoms with van der Waals surface area (Å²) in [6.45, 7) is 3.65. The predicted molar refractivity (Wildman–Crippen MR) is 108 cm³/mol. The number of likely N-dealkylation sites (tertiary alicyclic amines) is 2. The van der Waals surface area contributed by atoms with Gasteiger partial charge in [-0.05, 0) is 24.0 Å². The minimum atomic E-state index is -0.248. The van der Waals surface area contributed by atoms with Crippen LogP contribution in [0, 0.1) is 5.41 Å². The molecule has 2 unspecified atom stereocenters. The summed E-state index contributed by atoms with van der Waals surface area (Å²) in [6, 6.07) is 20.2. The monoisotopic (exact) mass is 380 g/mol. The van der Waals surface area contributed by atoms with E-state index < -0.39 is 0 Å². The number of ether oxygens (including phenoxy) is 1. The molecule has 2 aromatic rings. The van der Waals surface area contributed by atoms with Crippen molar-refractivity contribution in [3.05, 3.63) is 71.8 Å². The van der Waals surface area contributed by atoms with Gasteiger partial charge in [-0.15, -0.1) is 0 Å². The molecule has 2 atom stereocenters. The summed E-state index contributed by atoms with van der Waals surface area (Å²) in [5.74, 6) is 0. The number of fused-ring (bicyclic) bond motifs is 2. The van der Waals surface area contributed by atoms with Crippen LogP contribution in [-0.2, 0) is 17.9 Å². The van der Waals surface area contributed by atoms with E-state index in [1.54, 1.807) is 0 Å². The molecule has 2 aromatic carbocycles. The van der Waals surface area contributed by atoms with Crippen LogP contribution < -0.4 is 0 Å². The van der Waals surface area contributed by atoms with Crippen LogP contribution in [0.1, 0.15) is 24.0 Å². The number of nitrogens with zero attached hydrogens (tertiary/aromatic N) is 2. The molecule has 2 fully saturated rings. The zero-order chi connectivity index (χ0) is 19.4. The van der Waals surface area contributed by atoms with Crippen LogP contribution in [-0.4, -0.2) is 53.3 Å². The molecule has 5 heteroatoms. The third-order valence-electron chi connectivity index (χ3n) is 6.04. The smallest absolute Gasteiger partial charge is 0.410 e. The van der Waals surface area contributed by atoms with Crippen molar-refractivity contribution in [2.75, 3.05) is 26.2 Å². The lowest BCUT2D eigenvalue weighted by atomic mass is 9.72. The van der Waals surface area contributed by atoms with Crippen LogP contribution in [0.15, 0.2) is 60.7 Å². The van der Waals surface area contributed by atoms with E-state index in [0.29, 0.717) is 13.2 Å². The standard InChI is InChI=1S/C23H28N2O3/c26-18-23-11-12-25(22(27)28-16-20-9-5-2-6-10-20)21(13-23)15-24(17-23)14-19-7-3-1-4-8-19/h1-10,21,26H,11-18H2. The molecular formula is C23H28N2O3. The molecule has 5 nitrogen and oxygen atoms in total. The van der Waals surface area contributed by atoms with Crippen molar-refractivity contribution in [1.29, 1.82) is 0 Å². The Kier molecular flexibility index (Phi) is 5.64. The molecule has 2 bridgehead atoms. The summed E-state index contributed by atoms with van der Waals surface area (Å²) in [7, 11) is 0. The Labute approximate surface area is 166 Å². The van der Waals surface area contributed by atoms with Crippen molar-refractivity contribution in [3.63, 3.8) is 0 Å². The summed E-state index contributed by atoms with van der Waals surface area (Å²) >= 11 is 0. The lowest BCUT2D eigenvalue weighted by Gasteiger charge is -2.52. The molecule has 28 heavy (non-hydrogen) atoms. The number of carbonyl (C=O) groups excluding carboxylic acids is 1. The highest BCUT2D eigenvalue weighted by molar-refractivity contribution is 5.68. The van der Waals surface area contributed by atoms with Gasteiger partial charge in [-0.3, -0.25) is 4.90 Å². The van der Waals surface area contributed by atoms with E-state index in [0.717, 1.165) is 38.0 Å². The van der Waals surface area contributed by atoms with Gasteiger partial charge in [0.05, 0.1) is 6.61 Å². The first-order valence-corrected chi connectivity index (χ1v) is 10.0. The third-order valence-corrected chi connectivity index (χ3v) is 6.04. The number of aliphatic hydroxyl groups is 1. The van der Waals surface area contributed by atoms with Crippen LogP contribution in [0.25, 0.3) is 0 Å². The number of hydrogen-bond donors (Lipinski definition) is 1. The Morgan fingerprint density at radius 3 is 2.43 bits per heavy atom. The Bertz CT molecular complexity index is 783. The van der Waals surface area contributed by atoms with Gasteiger partial charge in [-0.25, -0.2) is 4.79 Å². The Morgan fingerprint density at radius 2 is 1.75 bits per heavy atom. The quantitative estimate of drug-likeness (QED) is 0.865. The van der Waals surface area contributed by atoms with E-state index in [2.05, 4.69) is 29.2 Å². The summed E-state index contributed by atoms with van der Waals surface area (Å²) < 4.78 is 5.59. The maximum atomic E-state index is 12.8. The van der Waals surface area contributed by atoms with Crippen molar-refractivity contribution < 1.29 is 14.6 Å². The SMILES string of the molecule is O=C(OCc1ccccc1)N1CCC2(CO)CC1CN(Cc1ccccc1)C2. The first-order chi connectivity index (χ1) is 13.7. The highest BCUT2D eigenvalue weighted by atomic mass is 16.6. The summed E-state index contributed by atoms with van der Waals surface area (Å²) in [6.07, 6.45) is 1.41. The van der Waals surface area contributed by atoms with E-state index in [1.807, 2.05) is 41.3 Å². The van der Waals surface area contributed by atoms with Gasteiger partial charge >= 0.3 is 6.09 Å². The van der Waals surface area contributed by atoms with Crippen molar-refractivity contribution in [2.45, 2.75) is 32.0 Å². The van der Waals surface area contributed by atoms with Crippen LogP contribution in [0.3, 0.4) is 0 Å². The fraction of sp³-hybridized carbons (Fsp3) is 0.435. The molecule has 2 aliphatic rings. The lowest BCUT2D eigenvalue weighted by molar-refractivity contribution is -0.0618. The Hall–Kier alpha value is -2.37. The lowest BCUT2D eigenvalue weighted by Crippen LogP contribution is -2.62. The molecule has 0 spiro atoms. The second kappa shape index (κ2) is 8.33. The van der Waals surface area contributed by atoms with Crippen LogP contribution >= 0.6 is 0 Å². The molecule has 0 radical (unpaired) electrons. The van der Waals surface area contributed by atoms with Crippen molar-refractivity contribution in [2.24, 2.45) is 5.41 Å². The summed E-state index contributed by atoms with van der Waals surface area (Å²) in [4.78, 5) is 17.0. The topological polar surface area (TPSA) is 53.0 Å². The molecule has 0 aromatic heterocycles. The molecule has 148 valence electrons. The predicted octanol–water partition coefficient (Wildman–Crippen LogP) is 3.28. The fourth-order valence-corrected chi connectivity index (χ4v) is 4.59. The van der Waals surface area contributed by atoms with Crippen molar-refractivity contribution >= 4 is 6.09 Å². The Balaban J connectivity index is 1.42. The molecule has 1 N–H and O–H groups in total. The van der Waals surface area contributed by atoms with E-state index in [4.69, 9.17) is 4.74 Å². The molecule has 4 rings (SSSR count). The number of hydrogen-bond acceptors (Lipinski definition) is 4. The average Bonchev–Trinajstić information content (AvgIpc) is 2.73. The number of benzene rings is 2. The van der Waals surface area contributed by atoms with Gasteiger partial charge in [0.15, 0.2) is 0 Å². The van der Waals surface area contributed by atoms with E-state index >= 15 is 0 Å². The van der Waals surface area contributed by atoms with Crippen molar-refractivity contribution in [3.8, 4) is 0 Å². The normalized spacial score (nSPS) is 24.8. The second-order valence-electron chi connectivity index (χ2n) is 8.15. The van der Waals surface area contributed by atoms with Gasteiger partial charge in [0.2, 0.25) is 0 Å². The second-order valence-corrected chi connectivity index (χ2v) is 8.15. The van der Waals surface area contributed by atoms with Crippen molar-refractivity contribution in [1.82, 2.24) is 9.80 Å². The molecule has 2 heterocycles. The molecule has 1 amide bonds. The summed E-state index contributed by atoms with van der Waals surface area (Å²) in [5, 5.41) is 10.1. The maximum absolute atomic E-state index is 12.8. The number of aliphatic hydroxyl groups excluding tert-OH is 1. The molecule has 2 saturated heterocycles. The van der Waals surface area contributed by atoms with Gasteiger partial charge in [0.25, 0.3) is 0 Å². The van der Waals surface area contributed by atoms with Crippen LogP contribution in [0.5, 0.6) is 0 Å². The highest BCUT2D eigenvalue weighted by Crippen LogP contribution is 2.40.